The molecule has 0 aliphatic carbocycles. The van der Waals surface area contributed by atoms with Gasteiger partial charge < -0.3 is 9.47 Å². The number of esters is 2. The van der Waals surface area contributed by atoms with E-state index in [1.807, 2.05) is 6.92 Å². The lowest BCUT2D eigenvalue weighted by Gasteiger charge is -2.11. The van der Waals surface area contributed by atoms with E-state index in [-0.39, 0.29) is 0 Å². The first-order chi connectivity index (χ1) is 9.12. The van der Waals surface area contributed by atoms with Crippen molar-refractivity contribution in [1.82, 2.24) is 0 Å². The molecule has 4 heteroatoms. The highest BCUT2D eigenvalue weighted by molar-refractivity contribution is 6.00. The quantitative estimate of drug-likeness (QED) is 0.366. The van der Waals surface area contributed by atoms with Gasteiger partial charge in [0.2, 0.25) is 0 Å². The van der Waals surface area contributed by atoms with Crippen LogP contribution < -0.4 is 0 Å². The molecule has 0 spiro atoms. The van der Waals surface area contributed by atoms with Gasteiger partial charge in [-0.3, -0.25) is 0 Å². The summed E-state index contributed by atoms with van der Waals surface area (Å²) in [6, 6.07) is 0. The zero-order valence-electron chi connectivity index (χ0n) is 12.6. The summed E-state index contributed by atoms with van der Waals surface area (Å²) in [7, 11) is 2.66. The maximum absolute atomic E-state index is 11.8. The summed E-state index contributed by atoms with van der Waals surface area (Å²) in [6.07, 6.45) is 6.56. The summed E-state index contributed by atoms with van der Waals surface area (Å²) in [5.41, 5.74) is 0.901. The van der Waals surface area contributed by atoms with E-state index in [0.717, 1.165) is 19.3 Å². The summed E-state index contributed by atoms with van der Waals surface area (Å²) >= 11 is 0. The lowest BCUT2D eigenvalue weighted by molar-refractivity contribution is -0.139. The van der Waals surface area contributed by atoms with Crippen molar-refractivity contribution in [2.45, 2.75) is 58.8 Å². The molecule has 4 nitrogen and oxygen atoms in total. The number of rotatable bonds is 9. The van der Waals surface area contributed by atoms with Crippen molar-refractivity contribution in [2.75, 3.05) is 14.2 Å². The van der Waals surface area contributed by atoms with Gasteiger partial charge in [-0.05, 0) is 19.3 Å². The maximum atomic E-state index is 11.8. The minimum atomic E-state index is -0.434. The van der Waals surface area contributed by atoms with Crippen LogP contribution in [-0.2, 0) is 19.1 Å². The molecule has 0 amide bonds. The van der Waals surface area contributed by atoms with Gasteiger partial charge in [0.15, 0.2) is 0 Å². The first kappa shape index (κ1) is 17.7. The fourth-order valence-electron chi connectivity index (χ4n) is 2.01. The Morgan fingerprint density at radius 3 is 1.79 bits per heavy atom. The lowest BCUT2D eigenvalue weighted by Crippen LogP contribution is -2.14. The highest BCUT2D eigenvalue weighted by Crippen LogP contribution is 2.19. The zero-order chi connectivity index (χ0) is 14.7. The monoisotopic (exact) mass is 270 g/mol. The predicted molar refractivity (Wildman–Crippen MR) is 74.7 cm³/mol. The zero-order valence-corrected chi connectivity index (χ0v) is 12.6. The van der Waals surface area contributed by atoms with Gasteiger partial charge in [-0.25, -0.2) is 9.59 Å². The van der Waals surface area contributed by atoms with Crippen LogP contribution in [0.25, 0.3) is 0 Å². The summed E-state index contributed by atoms with van der Waals surface area (Å²) in [6.45, 7) is 4.00. The summed E-state index contributed by atoms with van der Waals surface area (Å²) in [4.78, 5) is 23.4. The smallest absolute Gasteiger partial charge is 0.334 e. The topological polar surface area (TPSA) is 52.6 Å². The van der Waals surface area contributed by atoms with Crippen LogP contribution in [0.1, 0.15) is 58.8 Å². The molecule has 0 heterocycles. The van der Waals surface area contributed by atoms with Crippen LogP contribution >= 0.6 is 0 Å². The van der Waals surface area contributed by atoms with Gasteiger partial charge in [0.25, 0.3) is 0 Å². The molecule has 0 aliphatic heterocycles. The van der Waals surface area contributed by atoms with Gasteiger partial charge >= 0.3 is 11.9 Å². The second-order valence-electron chi connectivity index (χ2n) is 4.46. The Bertz CT molecular complexity index is 318. The normalized spacial score (nSPS) is 11.8. The average Bonchev–Trinajstić information content (AvgIpc) is 2.44. The first-order valence-electron chi connectivity index (χ1n) is 7.00. The third-order valence-electron chi connectivity index (χ3n) is 3.11. The first-order valence-corrected chi connectivity index (χ1v) is 7.00. The van der Waals surface area contributed by atoms with E-state index in [9.17, 15) is 9.59 Å². The van der Waals surface area contributed by atoms with Gasteiger partial charge in [0, 0.05) is 11.1 Å². The molecule has 0 atom stereocenters. The van der Waals surface area contributed by atoms with Gasteiger partial charge in [0.1, 0.15) is 0 Å². The standard InChI is InChI=1S/C15H26O4/c1-5-7-8-9-10-11-13(15(17)19-4)12(6-2)14(16)18-3/h5-11H2,1-4H3. The molecule has 0 bridgehead atoms. The van der Waals surface area contributed by atoms with Crippen LogP contribution in [0.3, 0.4) is 0 Å². The van der Waals surface area contributed by atoms with Crippen molar-refractivity contribution >= 4 is 11.9 Å². The molecule has 0 saturated heterocycles. The highest BCUT2D eigenvalue weighted by Gasteiger charge is 2.20. The van der Waals surface area contributed by atoms with E-state index < -0.39 is 11.9 Å². The summed E-state index contributed by atoms with van der Waals surface area (Å²) in [5.74, 6) is -0.853. The Morgan fingerprint density at radius 1 is 0.789 bits per heavy atom. The molecule has 0 aromatic carbocycles. The molecule has 110 valence electrons. The van der Waals surface area contributed by atoms with E-state index >= 15 is 0 Å². The minimum Gasteiger partial charge on any atom is -0.466 e. The van der Waals surface area contributed by atoms with Crippen LogP contribution in [0.15, 0.2) is 11.1 Å². The Balaban J connectivity index is 4.74. The number of methoxy groups -OCH3 is 2. The Labute approximate surface area is 116 Å². The molecular formula is C15H26O4. The number of hydrogen-bond acceptors (Lipinski definition) is 4. The molecule has 0 aromatic heterocycles. The van der Waals surface area contributed by atoms with Gasteiger partial charge in [-0.2, -0.15) is 0 Å². The Morgan fingerprint density at radius 2 is 1.32 bits per heavy atom. The van der Waals surface area contributed by atoms with Crippen LogP contribution in [0.4, 0.5) is 0 Å². The molecule has 0 rings (SSSR count). The van der Waals surface area contributed by atoms with Crippen LogP contribution in [0.5, 0.6) is 0 Å². The van der Waals surface area contributed by atoms with E-state index in [4.69, 9.17) is 9.47 Å². The van der Waals surface area contributed by atoms with Crippen LogP contribution in [0.2, 0.25) is 0 Å². The second kappa shape index (κ2) is 10.6. The molecule has 0 saturated carbocycles. The third kappa shape index (κ3) is 6.41. The molecule has 0 aliphatic rings. The van der Waals surface area contributed by atoms with Crippen molar-refractivity contribution in [1.29, 1.82) is 0 Å². The van der Waals surface area contributed by atoms with E-state index in [1.165, 1.54) is 27.1 Å². The number of carbonyl (C=O) groups excluding carboxylic acids is 2. The fraction of sp³-hybridized carbons (Fsp3) is 0.733. The minimum absolute atomic E-state index is 0.419. The lowest BCUT2D eigenvalue weighted by atomic mass is 9.99. The van der Waals surface area contributed by atoms with Crippen LogP contribution in [-0.4, -0.2) is 26.2 Å². The van der Waals surface area contributed by atoms with Crippen molar-refractivity contribution < 1.29 is 19.1 Å². The number of ether oxygens (including phenoxy) is 2. The van der Waals surface area contributed by atoms with Crippen molar-refractivity contribution in [3.63, 3.8) is 0 Å². The second-order valence-corrected chi connectivity index (χ2v) is 4.46. The maximum Gasteiger partial charge on any atom is 0.334 e. The summed E-state index contributed by atoms with van der Waals surface area (Å²) in [5, 5.41) is 0. The van der Waals surface area contributed by atoms with Crippen molar-refractivity contribution in [3.05, 3.63) is 11.1 Å². The number of carbonyl (C=O) groups is 2. The average molecular weight is 270 g/mol. The number of unbranched alkanes of at least 4 members (excludes halogenated alkanes) is 4. The summed E-state index contributed by atoms with van der Waals surface area (Å²) < 4.78 is 9.48. The number of hydrogen-bond donors (Lipinski definition) is 0. The fourth-order valence-corrected chi connectivity index (χ4v) is 2.01. The molecular weight excluding hydrogens is 244 g/mol. The molecule has 19 heavy (non-hydrogen) atoms. The third-order valence-corrected chi connectivity index (χ3v) is 3.11. The molecule has 0 unspecified atom stereocenters. The van der Waals surface area contributed by atoms with E-state index in [0.29, 0.717) is 24.0 Å². The Kier molecular flexibility index (Phi) is 9.85. The van der Waals surface area contributed by atoms with E-state index in [2.05, 4.69) is 6.92 Å². The van der Waals surface area contributed by atoms with E-state index in [1.54, 1.807) is 0 Å². The van der Waals surface area contributed by atoms with Crippen LogP contribution in [0, 0.1) is 0 Å². The molecule has 0 fully saturated rings. The molecule has 0 N–H and O–H groups in total. The van der Waals surface area contributed by atoms with Gasteiger partial charge in [0.05, 0.1) is 14.2 Å². The van der Waals surface area contributed by atoms with Crippen molar-refractivity contribution in [3.8, 4) is 0 Å². The SMILES string of the molecule is CCCCCCCC(C(=O)OC)=C(CC)C(=O)OC. The molecule has 0 radical (unpaired) electrons. The largest absolute Gasteiger partial charge is 0.466 e. The van der Waals surface area contributed by atoms with Gasteiger partial charge in [-0.15, -0.1) is 0 Å². The highest BCUT2D eigenvalue weighted by atomic mass is 16.5. The van der Waals surface area contributed by atoms with Gasteiger partial charge in [-0.1, -0.05) is 39.5 Å². The molecule has 0 aromatic rings. The van der Waals surface area contributed by atoms with Crippen molar-refractivity contribution in [2.24, 2.45) is 0 Å². The Hall–Kier alpha value is -1.32. The predicted octanol–water partition coefficient (Wildman–Crippen LogP) is 3.40.